The predicted molar refractivity (Wildman–Crippen MR) is 212 cm³/mol. The molecule has 2 nitrogen and oxygen atoms in total. The van der Waals surface area contributed by atoms with Gasteiger partial charge < -0.3 is 9.32 Å². The highest BCUT2D eigenvalue weighted by Gasteiger charge is 2.22. The molecule has 1 aromatic heterocycles. The Morgan fingerprint density at radius 3 is 1.64 bits per heavy atom. The monoisotopic (exact) mass is 637 g/mol. The molecule has 10 aromatic rings. The van der Waals surface area contributed by atoms with E-state index in [4.69, 9.17) is 4.42 Å². The number of fused-ring (bicyclic) bond motifs is 7. The zero-order chi connectivity index (χ0) is 33.0. The Balaban J connectivity index is 1.20. The maximum absolute atomic E-state index is 6.85. The number of para-hydroxylation sites is 2. The molecule has 0 saturated carbocycles. The lowest BCUT2D eigenvalue weighted by Crippen LogP contribution is -2.11. The second kappa shape index (κ2) is 11.5. The van der Waals surface area contributed by atoms with E-state index < -0.39 is 0 Å². The third-order valence-electron chi connectivity index (χ3n) is 10.1. The van der Waals surface area contributed by atoms with Gasteiger partial charge in [-0.05, 0) is 63.0 Å². The molecule has 0 atom stereocenters. The number of benzene rings is 9. The van der Waals surface area contributed by atoms with Crippen LogP contribution in [0.2, 0.25) is 0 Å². The highest BCUT2D eigenvalue weighted by molar-refractivity contribution is 6.18. The van der Waals surface area contributed by atoms with Crippen molar-refractivity contribution in [2.24, 2.45) is 0 Å². The number of rotatable bonds is 5. The van der Waals surface area contributed by atoms with E-state index in [9.17, 15) is 0 Å². The molecule has 0 amide bonds. The van der Waals surface area contributed by atoms with Crippen molar-refractivity contribution in [1.29, 1.82) is 0 Å². The first-order valence-electron chi connectivity index (χ1n) is 17.1. The number of anilines is 3. The van der Waals surface area contributed by atoms with E-state index in [0.717, 1.165) is 55.5 Å². The molecule has 0 unspecified atom stereocenters. The van der Waals surface area contributed by atoms with Crippen molar-refractivity contribution in [2.45, 2.75) is 0 Å². The zero-order valence-corrected chi connectivity index (χ0v) is 27.3. The largest absolute Gasteiger partial charge is 0.455 e. The van der Waals surface area contributed by atoms with Crippen LogP contribution in [0.1, 0.15) is 0 Å². The minimum atomic E-state index is 0.899. The van der Waals surface area contributed by atoms with Gasteiger partial charge in [-0.15, -0.1) is 0 Å². The van der Waals surface area contributed by atoms with Crippen molar-refractivity contribution >= 4 is 71.3 Å². The van der Waals surface area contributed by atoms with Gasteiger partial charge >= 0.3 is 0 Å². The summed E-state index contributed by atoms with van der Waals surface area (Å²) in [4.78, 5) is 2.40. The standard InChI is InChI=1S/C48H31NO/c1-4-17-37-32(12-1)15-9-21-38(37)35-26-29-36(30-27-35)49(45-25-10-16-33-13-2-5-18-39(33)45)46-24-8-7-20-41(46)42-22-11-23-43-44-31-28-34-14-3-6-19-40(34)47(44)50-48(42)43/h1-31H. The molecule has 2 heteroatoms. The molecule has 0 aliphatic rings. The van der Waals surface area contributed by atoms with Crippen molar-refractivity contribution < 1.29 is 4.42 Å². The fourth-order valence-corrected chi connectivity index (χ4v) is 7.71. The summed E-state index contributed by atoms with van der Waals surface area (Å²) in [6, 6.07) is 67.4. The SMILES string of the molecule is c1ccc(N(c2ccc(-c3cccc4ccccc34)cc2)c2cccc3ccccc23)c(-c2cccc3c2oc2c4ccccc4ccc32)c1. The first-order valence-corrected chi connectivity index (χ1v) is 17.1. The summed E-state index contributed by atoms with van der Waals surface area (Å²) in [7, 11) is 0. The van der Waals surface area contributed by atoms with Gasteiger partial charge in [-0.2, -0.15) is 0 Å². The second-order valence-corrected chi connectivity index (χ2v) is 12.9. The Hall–Kier alpha value is -6.64. The molecule has 50 heavy (non-hydrogen) atoms. The molecule has 234 valence electrons. The fraction of sp³-hybridized carbons (Fsp3) is 0. The Bertz CT molecular complexity index is 2870. The zero-order valence-electron chi connectivity index (χ0n) is 27.3. The van der Waals surface area contributed by atoms with E-state index in [-0.39, 0.29) is 0 Å². The summed E-state index contributed by atoms with van der Waals surface area (Å²) in [5, 5.41) is 9.45. The Morgan fingerprint density at radius 1 is 0.300 bits per heavy atom. The molecule has 9 aromatic carbocycles. The van der Waals surface area contributed by atoms with E-state index in [2.05, 4.69) is 193 Å². The molecule has 0 radical (unpaired) electrons. The maximum Gasteiger partial charge on any atom is 0.143 e. The minimum Gasteiger partial charge on any atom is -0.455 e. The number of nitrogens with zero attached hydrogens (tertiary/aromatic N) is 1. The van der Waals surface area contributed by atoms with Gasteiger partial charge in [0.25, 0.3) is 0 Å². The molecule has 0 fully saturated rings. The minimum absolute atomic E-state index is 0.899. The van der Waals surface area contributed by atoms with Crippen LogP contribution in [0.4, 0.5) is 17.1 Å². The van der Waals surface area contributed by atoms with Crippen LogP contribution >= 0.6 is 0 Å². The van der Waals surface area contributed by atoms with Crippen LogP contribution in [0, 0.1) is 0 Å². The normalized spacial score (nSPS) is 11.6. The van der Waals surface area contributed by atoms with Gasteiger partial charge in [-0.1, -0.05) is 158 Å². The van der Waals surface area contributed by atoms with Crippen LogP contribution in [0.25, 0.3) is 76.5 Å². The molecular weight excluding hydrogens is 607 g/mol. The highest BCUT2D eigenvalue weighted by atomic mass is 16.3. The highest BCUT2D eigenvalue weighted by Crippen LogP contribution is 2.46. The van der Waals surface area contributed by atoms with Gasteiger partial charge in [-0.3, -0.25) is 0 Å². The molecule has 0 spiro atoms. The topological polar surface area (TPSA) is 16.4 Å². The molecule has 0 saturated heterocycles. The molecule has 1 heterocycles. The quantitative estimate of drug-likeness (QED) is 0.187. The Morgan fingerprint density at radius 2 is 0.820 bits per heavy atom. The van der Waals surface area contributed by atoms with Gasteiger partial charge in [0.1, 0.15) is 11.2 Å². The first kappa shape index (κ1) is 28.4. The van der Waals surface area contributed by atoms with Crippen LogP contribution in [0.3, 0.4) is 0 Å². The lowest BCUT2D eigenvalue weighted by molar-refractivity contribution is 0.674. The van der Waals surface area contributed by atoms with Crippen LogP contribution in [-0.4, -0.2) is 0 Å². The average molecular weight is 638 g/mol. The number of furan rings is 1. The maximum atomic E-state index is 6.85. The van der Waals surface area contributed by atoms with Gasteiger partial charge in [0.2, 0.25) is 0 Å². The lowest BCUT2D eigenvalue weighted by Gasteiger charge is -2.29. The van der Waals surface area contributed by atoms with E-state index in [1.165, 1.54) is 38.1 Å². The van der Waals surface area contributed by atoms with Crippen LogP contribution in [-0.2, 0) is 0 Å². The fourth-order valence-electron chi connectivity index (χ4n) is 7.71. The molecular formula is C48H31NO. The summed E-state index contributed by atoms with van der Waals surface area (Å²) in [5.41, 5.74) is 9.71. The predicted octanol–water partition coefficient (Wildman–Crippen LogP) is 13.8. The summed E-state index contributed by atoms with van der Waals surface area (Å²) >= 11 is 0. The average Bonchev–Trinajstić information content (AvgIpc) is 3.58. The molecule has 0 bridgehead atoms. The number of hydrogen-bond donors (Lipinski definition) is 0. The van der Waals surface area contributed by atoms with Gasteiger partial charge in [0.15, 0.2) is 0 Å². The van der Waals surface area contributed by atoms with E-state index in [1.807, 2.05) is 0 Å². The third-order valence-corrected chi connectivity index (χ3v) is 10.1. The molecule has 0 aliphatic carbocycles. The van der Waals surface area contributed by atoms with Crippen LogP contribution in [0.5, 0.6) is 0 Å². The van der Waals surface area contributed by atoms with E-state index in [1.54, 1.807) is 0 Å². The summed E-state index contributed by atoms with van der Waals surface area (Å²) in [6.45, 7) is 0. The number of hydrogen-bond acceptors (Lipinski definition) is 2. The van der Waals surface area contributed by atoms with Crippen molar-refractivity contribution in [1.82, 2.24) is 0 Å². The Kier molecular flexibility index (Phi) is 6.53. The van der Waals surface area contributed by atoms with Crippen molar-refractivity contribution in [3.63, 3.8) is 0 Å². The van der Waals surface area contributed by atoms with E-state index in [0.29, 0.717) is 0 Å². The third kappa shape index (κ3) is 4.50. The Labute approximate surface area is 290 Å². The van der Waals surface area contributed by atoms with Crippen LogP contribution < -0.4 is 4.90 Å². The van der Waals surface area contributed by atoms with Crippen molar-refractivity contribution in [2.75, 3.05) is 4.90 Å². The van der Waals surface area contributed by atoms with Crippen LogP contribution in [0.15, 0.2) is 192 Å². The van der Waals surface area contributed by atoms with Gasteiger partial charge in [0.05, 0.1) is 11.4 Å². The summed E-state index contributed by atoms with van der Waals surface area (Å²) in [6.07, 6.45) is 0. The lowest BCUT2D eigenvalue weighted by atomic mass is 9.97. The molecule has 0 aliphatic heterocycles. The van der Waals surface area contributed by atoms with E-state index >= 15 is 0 Å². The van der Waals surface area contributed by atoms with Crippen molar-refractivity contribution in [3.8, 4) is 22.3 Å². The molecule has 0 N–H and O–H groups in total. The van der Waals surface area contributed by atoms with Gasteiger partial charge in [-0.25, -0.2) is 0 Å². The summed E-state index contributed by atoms with van der Waals surface area (Å²) in [5.74, 6) is 0. The van der Waals surface area contributed by atoms with Gasteiger partial charge in [0, 0.05) is 38.4 Å². The summed E-state index contributed by atoms with van der Waals surface area (Å²) < 4.78 is 6.85. The molecule has 10 rings (SSSR count). The second-order valence-electron chi connectivity index (χ2n) is 12.9. The first-order chi connectivity index (χ1) is 24.8. The van der Waals surface area contributed by atoms with Crippen molar-refractivity contribution in [3.05, 3.63) is 188 Å². The smallest absolute Gasteiger partial charge is 0.143 e.